The highest BCUT2D eigenvalue weighted by molar-refractivity contribution is 5.76. The van der Waals surface area contributed by atoms with Gasteiger partial charge in [0.15, 0.2) is 0 Å². The van der Waals surface area contributed by atoms with Gasteiger partial charge in [-0.15, -0.1) is 0 Å². The minimum absolute atomic E-state index is 0.0431. The van der Waals surface area contributed by atoms with Crippen molar-refractivity contribution in [2.45, 2.75) is 63.8 Å². The van der Waals surface area contributed by atoms with Gasteiger partial charge in [0.05, 0.1) is 0 Å². The molecule has 0 heterocycles. The molecule has 5 N–H and O–H groups in total. The fourth-order valence-corrected chi connectivity index (χ4v) is 2.52. The lowest BCUT2D eigenvalue weighted by molar-refractivity contribution is -0.121. The molecule has 6 nitrogen and oxygen atoms in total. The maximum Gasteiger partial charge on any atom is 0.315 e. The maximum absolute atomic E-state index is 11.7. The van der Waals surface area contributed by atoms with Gasteiger partial charge in [-0.2, -0.15) is 0 Å². The number of nitrogens with one attached hydrogen (secondary N) is 3. The Bertz CT molecular complexity index is 304. The Labute approximate surface area is 127 Å². The first-order chi connectivity index (χ1) is 10.2. The van der Waals surface area contributed by atoms with Crippen molar-refractivity contribution in [3.8, 4) is 0 Å². The number of rotatable bonds is 9. The average molecular weight is 298 g/mol. The first-order valence-corrected chi connectivity index (χ1v) is 8.23. The monoisotopic (exact) mass is 298 g/mol. The second kappa shape index (κ2) is 11.4. The molecule has 0 spiro atoms. The zero-order valence-corrected chi connectivity index (χ0v) is 13.0. The van der Waals surface area contributed by atoms with Crippen LogP contribution in [0.1, 0.15) is 57.8 Å². The Kier molecular flexibility index (Phi) is 9.61. The first-order valence-electron chi connectivity index (χ1n) is 8.23. The number of carbonyl (C=O) groups is 2. The molecule has 0 aromatic heterocycles. The summed E-state index contributed by atoms with van der Waals surface area (Å²) in [6, 6.07) is 0.217. The third-order valence-electron chi connectivity index (χ3n) is 3.76. The van der Waals surface area contributed by atoms with Gasteiger partial charge in [-0.3, -0.25) is 4.79 Å². The Balaban J connectivity index is 1.95. The predicted octanol–water partition coefficient (Wildman–Crippen LogP) is 1.25. The zero-order chi connectivity index (χ0) is 15.3. The van der Waals surface area contributed by atoms with Gasteiger partial charge in [0.25, 0.3) is 0 Å². The molecule has 0 aromatic carbocycles. The van der Waals surface area contributed by atoms with Crippen LogP contribution in [-0.4, -0.2) is 37.6 Å². The molecule has 21 heavy (non-hydrogen) atoms. The molecule has 1 aliphatic carbocycles. The standard InChI is InChI=1S/C15H30N4O2/c16-10-4-5-11-17-14(20)9-6-12-18-15(21)19-13-7-2-1-3-8-13/h13H,1-12,16H2,(H,17,20)(H2,18,19,21). The Morgan fingerprint density at radius 2 is 1.67 bits per heavy atom. The van der Waals surface area contributed by atoms with Crippen LogP contribution in [0.15, 0.2) is 0 Å². The van der Waals surface area contributed by atoms with Crippen LogP contribution in [0.4, 0.5) is 4.79 Å². The summed E-state index contributed by atoms with van der Waals surface area (Å²) in [4.78, 5) is 23.2. The van der Waals surface area contributed by atoms with E-state index in [0.717, 1.165) is 25.7 Å². The van der Waals surface area contributed by atoms with Crippen molar-refractivity contribution in [3.05, 3.63) is 0 Å². The summed E-state index contributed by atoms with van der Waals surface area (Å²) in [6.45, 7) is 1.89. The van der Waals surface area contributed by atoms with Crippen molar-refractivity contribution in [1.82, 2.24) is 16.0 Å². The van der Waals surface area contributed by atoms with Crippen molar-refractivity contribution in [2.24, 2.45) is 5.73 Å². The number of unbranched alkanes of at least 4 members (excludes halogenated alkanes) is 1. The summed E-state index contributed by atoms with van der Waals surface area (Å²) >= 11 is 0. The molecule has 0 saturated heterocycles. The van der Waals surface area contributed by atoms with Gasteiger partial charge in [0.1, 0.15) is 0 Å². The van der Waals surface area contributed by atoms with Gasteiger partial charge in [-0.25, -0.2) is 4.79 Å². The molecule has 0 atom stereocenters. The molecule has 1 saturated carbocycles. The van der Waals surface area contributed by atoms with E-state index in [4.69, 9.17) is 5.73 Å². The molecule has 1 rings (SSSR count). The Hall–Kier alpha value is -1.30. The maximum atomic E-state index is 11.7. The highest BCUT2D eigenvalue weighted by Gasteiger charge is 2.15. The molecule has 1 aliphatic rings. The molecule has 0 aliphatic heterocycles. The van der Waals surface area contributed by atoms with E-state index in [9.17, 15) is 9.59 Å². The van der Waals surface area contributed by atoms with E-state index in [1.807, 2.05) is 0 Å². The van der Waals surface area contributed by atoms with Crippen LogP contribution in [0, 0.1) is 0 Å². The lowest BCUT2D eigenvalue weighted by atomic mass is 9.96. The Morgan fingerprint density at radius 3 is 2.38 bits per heavy atom. The summed E-state index contributed by atoms with van der Waals surface area (Å²) in [6.07, 6.45) is 8.82. The summed E-state index contributed by atoms with van der Waals surface area (Å²) in [5.41, 5.74) is 5.38. The van der Waals surface area contributed by atoms with Crippen molar-refractivity contribution >= 4 is 11.9 Å². The minimum atomic E-state index is -0.106. The number of amides is 3. The first kappa shape index (κ1) is 17.8. The predicted molar refractivity (Wildman–Crippen MR) is 83.9 cm³/mol. The van der Waals surface area contributed by atoms with Crippen molar-refractivity contribution in [3.63, 3.8) is 0 Å². The van der Waals surface area contributed by atoms with Crippen LogP contribution in [0.2, 0.25) is 0 Å². The van der Waals surface area contributed by atoms with Gasteiger partial charge >= 0.3 is 6.03 Å². The smallest absolute Gasteiger partial charge is 0.315 e. The SMILES string of the molecule is NCCCCNC(=O)CCCNC(=O)NC1CCCCC1. The summed E-state index contributed by atoms with van der Waals surface area (Å²) in [7, 11) is 0. The molecule has 122 valence electrons. The van der Waals surface area contributed by atoms with Gasteiger partial charge in [-0.05, 0) is 38.6 Å². The van der Waals surface area contributed by atoms with Crippen LogP contribution in [-0.2, 0) is 4.79 Å². The number of carbonyl (C=O) groups excluding carboxylic acids is 2. The minimum Gasteiger partial charge on any atom is -0.356 e. The van der Waals surface area contributed by atoms with Crippen molar-refractivity contribution in [1.29, 1.82) is 0 Å². The molecule has 0 unspecified atom stereocenters. The van der Waals surface area contributed by atoms with Crippen molar-refractivity contribution in [2.75, 3.05) is 19.6 Å². The van der Waals surface area contributed by atoms with Crippen LogP contribution < -0.4 is 21.7 Å². The molecule has 3 amide bonds. The molecular formula is C15H30N4O2. The highest BCUT2D eigenvalue weighted by Crippen LogP contribution is 2.17. The fraction of sp³-hybridized carbons (Fsp3) is 0.867. The summed E-state index contributed by atoms with van der Waals surface area (Å²) < 4.78 is 0. The second-order valence-corrected chi connectivity index (χ2v) is 5.68. The van der Waals surface area contributed by atoms with Gasteiger partial charge in [0, 0.05) is 25.6 Å². The van der Waals surface area contributed by atoms with Crippen LogP contribution in [0.5, 0.6) is 0 Å². The van der Waals surface area contributed by atoms with Gasteiger partial charge < -0.3 is 21.7 Å². The molecule has 0 radical (unpaired) electrons. The quantitative estimate of drug-likeness (QED) is 0.482. The third kappa shape index (κ3) is 9.28. The van der Waals surface area contributed by atoms with E-state index in [-0.39, 0.29) is 11.9 Å². The number of hydrogen-bond donors (Lipinski definition) is 4. The highest BCUT2D eigenvalue weighted by atomic mass is 16.2. The largest absolute Gasteiger partial charge is 0.356 e. The van der Waals surface area contributed by atoms with Crippen molar-refractivity contribution < 1.29 is 9.59 Å². The zero-order valence-electron chi connectivity index (χ0n) is 13.0. The number of urea groups is 1. The molecule has 6 heteroatoms. The topological polar surface area (TPSA) is 96.2 Å². The number of hydrogen-bond acceptors (Lipinski definition) is 3. The van der Waals surface area contributed by atoms with E-state index in [1.165, 1.54) is 19.3 Å². The van der Waals surface area contributed by atoms with E-state index in [0.29, 0.717) is 38.5 Å². The summed E-state index contributed by atoms with van der Waals surface area (Å²) in [5.74, 6) is 0.0431. The third-order valence-corrected chi connectivity index (χ3v) is 3.76. The van der Waals surface area contributed by atoms with E-state index in [1.54, 1.807) is 0 Å². The Morgan fingerprint density at radius 1 is 0.952 bits per heavy atom. The van der Waals surface area contributed by atoms with E-state index in [2.05, 4.69) is 16.0 Å². The van der Waals surface area contributed by atoms with E-state index < -0.39 is 0 Å². The lowest BCUT2D eigenvalue weighted by Crippen LogP contribution is -2.43. The van der Waals surface area contributed by atoms with Crippen LogP contribution in [0.3, 0.4) is 0 Å². The van der Waals surface area contributed by atoms with Crippen LogP contribution in [0.25, 0.3) is 0 Å². The molecule has 1 fully saturated rings. The molecular weight excluding hydrogens is 268 g/mol. The fourth-order valence-electron chi connectivity index (χ4n) is 2.52. The van der Waals surface area contributed by atoms with Gasteiger partial charge in [0.2, 0.25) is 5.91 Å². The second-order valence-electron chi connectivity index (χ2n) is 5.68. The molecule has 0 aromatic rings. The van der Waals surface area contributed by atoms with Gasteiger partial charge in [-0.1, -0.05) is 19.3 Å². The molecule has 0 bridgehead atoms. The van der Waals surface area contributed by atoms with E-state index >= 15 is 0 Å². The normalized spacial score (nSPS) is 15.5. The van der Waals surface area contributed by atoms with Crippen LogP contribution >= 0.6 is 0 Å². The lowest BCUT2D eigenvalue weighted by Gasteiger charge is -2.22. The average Bonchev–Trinajstić information content (AvgIpc) is 2.49. The number of nitrogens with two attached hydrogens (primary N) is 1. The summed E-state index contributed by atoms with van der Waals surface area (Å²) in [5, 5.41) is 8.66.